The SMILES string of the molecule is Cc1cc(C)[n+](F)c(C)c1.Cc1cc(C)[n+](F)c(C)c1.Cc1cc(C)[n+](F)c(C)c1.Cc1cc(C)[n+](F)c(C)c1.Cc1cc(C)[n+](F)c(C)c1.Cc1cc(C)[n+](F)c(C)c1.Cc1cc(C)[n+](F)c(C)c1.[F-].[F-].[F-].[F-].[O-]B([O-])[O-]. The quantitative estimate of drug-likeness (QED) is 0.113. The molecule has 0 unspecified atom stereocenters. The van der Waals surface area contributed by atoms with Crippen LogP contribution in [0.5, 0.6) is 0 Å². The van der Waals surface area contributed by atoms with E-state index in [1.165, 1.54) is 0 Å². The van der Waals surface area contributed by atoms with Crippen molar-refractivity contribution in [2.45, 2.75) is 145 Å². The van der Waals surface area contributed by atoms with Gasteiger partial charge in [0.05, 0.1) is 31.4 Å². The fourth-order valence-corrected chi connectivity index (χ4v) is 7.65. The van der Waals surface area contributed by atoms with Crippen molar-refractivity contribution < 1.29 is 98.8 Å². The molecule has 0 bridgehead atoms. The molecular weight excluding hydrogens is 1040 g/mol. The molecule has 78 heavy (non-hydrogen) atoms. The average Bonchev–Trinajstić information content (AvgIpc) is 3.27. The fraction of sp³-hybridized carbons (Fsp3) is 0.375. The van der Waals surface area contributed by atoms with Crippen LogP contribution in [0.25, 0.3) is 0 Å². The van der Waals surface area contributed by atoms with E-state index in [-0.39, 0.29) is 18.8 Å². The number of aryl methyl sites for hydroxylation is 21. The minimum atomic E-state index is -2.92. The molecule has 0 radical (unpaired) electrons. The van der Waals surface area contributed by atoms with Crippen LogP contribution in [0.3, 0.4) is 0 Å². The monoisotopic (exact) mass is 1120 g/mol. The van der Waals surface area contributed by atoms with Gasteiger partial charge in [0.2, 0.25) is 79.7 Å². The van der Waals surface area contributed by atoms with Gasteiger partial charge in [-0.25, -0.2) is 0 Å². The first-order valence-corrected chi connectivity index (χ1v) is 23.6. The van der Waals surface area contributed by atoms with Crippen LogP contribution < -0.4 is 67.4 Å². The Morgan fingerprint density at radius 2 is 0.256 bits per heavy atom. The molecular formula is C56H77BF11N7O3. The van der Waals surface area contributed by atoms with E-state index in [0.29, 0.717) is 113 Å². The zero-order chi connectivity index (χ0) is 57.6. The normalized spacial score (nSPS) is 9.32. The summed E-state index contributed by atoms with van der Waals surface area (Å²) < 4.78 is 89.8. The lowest BCUT2D eigenvalue weighted by Gasteiger charge is -2.35. The van der Waals surface area contributed by atoms with Crippen LogP contribution in [0, 0.1) is 145 Å². The predicted octanol–water partition coefficient (Wildman–Crippen LogP) is -4.51. The Labute approximate surface area is 453 Å². The van der Waals surface area contributed by atoms with Crippen molar-refractivity contribution >= 4 is 7.32 Å². The number of nitrogens with zero attached hydrogens (tertiary/aromatic N) is 7. The third-order valence-corrected chi connectivity index (χ3v) is 10.4. The van der Waals surface area contributed by atoms with Crippen LogP contribution in [0.15, 0.2) is 84.9 Å². The summed E-state index contributed by atoms with van der Waals surface area (Å²) in [6.07, 6.45) is 0. The van der Waals surface area contributed by atoms with E-state index >= 15 is 0 Å². The summed E-state index contributed by atoms with van der Waals surface area (Å²) in [6, 6.07) is 25.4. The van der Waals surface area contributed by atoms with Crippen molar-refractivity contribution in [1.29, 1.82) is 0 Å². The summed E-state index contributed by atoms with van der Waals surface area (Å²) in [5.41, 5.74) is 16.8. The Morgan fingerprint density at radius 1 is 0.205 bits per heavy atom. The van der Waals surface area contributed by atoms with Crippen molar-refractivity contribution in [1.82, 2.24) is 0 Å². The van der Waals surface area contributed by atoms with Gasteiger partial charge in [0.1, 0.15) is 0 Å². The predicted molar refractivity (Wildman–Crippen MR) is 267 cm³/mol. The zero-order valence-corrected chi connectivity index (χ0v) is 48.7. The van der Waals surface area contributed by atoms with Gasteiger partial charge in [-0.2, -0.15) is 0 Å². The van der Waals surface area contributed by atoms with Crippen LogP contribution in [-0.4, -0.2) is 7.32 Å². The lowest BCUT2D eigenvalue weighted by atomic mass is 10.2. The molecule has 0 spiro atoms. The van der Waals surface area contributed by atoms with Crippen LogP contribution in [0.1, 0.15) is 119 Å². The number of halogens is 11. The highest BCUT2D eigenvalue weighted by Crippen LogP contribution is 2.05. The maximum Gasteiger partial charge on any atom is 0.227 e. The molecule has 22 heteroatoms. The van der Waals surface area contributed by atoms with Crippen LogP contribution in [0.4, 0.5) is 31.4 Å². The van der Waals surface area contributed by atoms with E-state index in [9.17, 15) is 31.4 Å². The van der Waals surface area contributed by atoms with Crippen LogP contribution in [0.2, 0.25) is 0 Å². The van der Waals surface area contributed by atoms with Gasteiger partial charge in [-0.3, -0.25) is 7.32 Å². The molecule has 0 aliphatic carbocycles. The van der Waals surface area contributed by atoms with E-state index in [1.54, 1.807) is 96.9 Å². The van der Waals surface area contributed by atoms with Gasteiger partial charge in [0.25, 0.3) is 0 Å². The summed E-state index contributed by atoms with van der Waals surface area (Å²) in [6.45, 7) is 38.2. The Morgan fingerprint density at radius 3 is 0.308 bits per heavy atom. The number of rotatable bonds is 0. The van der Waals surface area contributed by atoms with E-state index in [0.717, 1.165) is 38.9 Å². The summed E-state index contributed by atoms with van der Waals surface area (Å²) in [5.74, 6) is 0. The molecule has 7 aromatic heterocycles. The highest BCUT2D eigenvalue weighted by molar-refractivity contribution is 6.24. The second-order valence-corrected chi connectivity index (χ2v) is 18.5. The smallest absolute Gasteiger partial charge is 0.227 e. The van der Waals surface area contributed by atoms with Crippen LogP contribution >= 0.6 is 0 Å². The molecule has 0 aromatic carbocycles. The van der Waals surface area contributed by atoms with Gasteiger partial charge in [-0.05, 0) is 87.4 Å². The summed E-state index contributed by atoms with van der Waals surface area (Å²) in [5, 5.41) is 25.2. The lowest BCUT2D eigenvalue weighted by Crippen LogP contribution is -3.00. The maximum absolute atomic E-state index is 12.8. The molecule has 0 aliphatic rings. The van der Waals surface area contributed by atoms with E-state index in [4.69, 9.17) is 15.1 Å². The molecule has 0 fully saturated rings. The first-order valence-electron chi connectivity index (χ1n) is 23.6. The average molecular weight is 1120 g/mol. The van der Waals surface area contributed by atoms with Crippen molar-refractivity contribution in [2.24, 2.45) is 0 Å². The Kier molecular flexibility index (Phi) is 38.9. The minimum absolute atomic E-state index is 0. The highest BCUT2D eigenvalue weighted by atomic mass is 19.2. The zero-order valence-electron chi connectivity index (χ0n) is 48.7. The third kappa shape index (κ3) is 29.1. The fourth-order valence-electron chi connectivity index (χ4n) is 7.65. The molecule has 10 nitrogen and oxygen atoms in total. The van der Waals surface area contributed by atoms with Gasteiger partial charge in [-0.1, -0.05) is 0 Å². The second-order valence-electron chi connectivity index (χ2n) is 18.5. The third-order valence-electron chi connectivity index (χ3n) is 10.4. The van der Waals surface area contributed by atoms with Gasteiger partial charge < -0.3 is 33.9 Å². The molecule has 0 atom stereocenters. The van der Waals surface area contributed by atoms with Gasteiger partial charge in [0, 0.05) is 215 Å². The molecule has 0 amide bonds. The molecule has 434 valence electrons. The summed E-state index contributed by atoms with van der Waals surface area (Å²) in [7, 11) is -2.92. The first-order chi connectivity index (χ1) is 34.0. The van der Waals surface area contributed by atoms with Crippen molar-refractivity contribution in [3.05, 3.63) is 204 Å². The molecule has 7 rings (SSSR count). The minimum Gasteiger partial charge on any atom is -1.00 e. The number of aromatic nitrogens is 7. The molecule has 7 aromatic rings. The molecule has 0 saturated heterocycles. The van der Waals surface area contributed by atoms with E-state index in [2.05, 4.69) is 0 Å². The Hall–Kier alpha value is -6.78. The van der Waals surface area contributed by atoms with E-state index in [1.807, 2.05) is 133 Å². The van der Waals surface area contributed by atoms with Crippen molar-refractivity contribution in [2.75, 3.05) is 0 Å². The van der Waals surface area contributed by atoms with Gasteiger partial charge in [-0.15, -0.1) is 0 Å². The highest BCUT2D eigenvalue weighted by Gasteiger charge is 2.15. The summed E-state index contributed by atoms with van der Waals surface area (Å²) in [4.78, 5) is 4.81. The van der Waals surface area contributed by atoms with Crippen LogP contribution in [-0.2, 0) is 0 Å². The summed E-state index contributed by atoms with van der Waals surface area (Å²) >= 11 is 0. The van der Waals surface area contributed by atoms with Crippen molar-refractivity contribution in [3.63, 3.8) is 0 Å². The number of pyridine rings is 7. The lowest BCUT2D eigenvalue weighted by molar-refractivity contribution is -0.852. The molecule has 7 heterocycles. The maximum atomic E-state index is 12.8. The largest absolute Gasteiger partial charge is 1.00 e. The molecule has 0 N–H and O–H groups in total. The van der Waals surface area contributed by atoms with E-state index < -0.39 is 7.32 Å². The Balaban J connectivity index is -0.000000260. The van der Waals surface area contributed by atoms with Gasteiger partial charge in [0.15, 0.2) is 0 Å². The first kappa shape index (κ1) is 80.1. The topological polar surface area (TPSA) is 96.3 Å². The van der Waals surface area contributed by atoms with Crippen molar-refractivity contribution in [3.8, 4) is 0 Å². The van der Waals surface area contributed by atoms with Gasteiger partial charge >= 0.3 is 0 Å². The molecule has 0 aliphatic heterocycles. The number of hydrogen-bond donors (Lipinski definition) is 0. The number of hydrogen-bond acceptors (Lipinski definition) is 3. The Bertz CT molecular complexity index is 2260. The standard InChI is InChI=1S/7C8H11FN.BO3.4FH/c7*1-6-4-7(2)10(9)8(3)5-6;2-1(3)4;;;;/h7*4-5H,1-3H3;;4*1H/q7*+1;-3;;;;/p-4. The second kappa shape index (κ2) is 37.9. The molecule has 0 saturated carbocycles.